The first-order chi connectivity index (χ1) is 10.5. The first-order valence-electron chi connectivity index (χ1n) is 8.21. The summed E-state index contributed by atoms with van der Waals surface area (Å²) >= 11 is 0. The van der Waals surface area contributed by atoms with Crippen molar-refractivity contribution in [3.05, 3.63) is 30.0 Å². The lowest BCUT2D eigenvalue weighted by Crippen LogP contribution is -2.40. The number of benzene rings is 1. The highest BCUT2D eigenvalue weighted by Gasteiger charge is 2.20. The zero-order valence-electron chi connectivity index (χ0n) is 13.8. The molecular weight excluding hydrogens is 272 g/mol. The third-order valence-corrected chi connectivity index (χ3v) is 4.31. The standard InChI is InChI=1S/C18H26N4/c1-12(2)21-17-11-20-18(22-8-6-14(19)7-9-22)15-5-4-13(3)10-16(15)17/h4-5,10-12,14,21H,6-9,19H2,1-3H3. The molecule has 1 aliphatic heterocycles. The zero-order valence-corrected chi connectivity index (χ0v) is 13.8. The molecule has 0 radical (unpaired) electrons. The number of piperidine rings is 1. The topological polar surface area (TPSA) is 54.2 Å². The third kappa shape index (κ3) is 3.02. The Hall–Kier alpha value is -1.81. The van der Waals surface area contributed by atoms with E-state index in [2.05, 4.69) is 49.2 Å². The van der Waals surface area contributed by atoms with E-state index in [1.807, 2.05) is 6.20 Å². The smallest absolute Gasteiger partial charge is 0.136 e. The van der Waals surface area contributed by atoms with Gasteiger partial charge in [-0.15, -0.1) is 0 Å². The van der Waals surface area contributed by atoms with Crippen LogP contribution in [0, 0.1) is 6.92 Å². The maximum atomic E-state index is 6.03. The van der Waals surface area contributed by atoms with Crippen molar-refractivity contribution >= 4 is 22.3 Å². The van der Waals surface area contributed by atoms with Gasteiger partial charge in [0.25, 0.3) is 0 Å². The number of hydrogen-bond acceptors (Lipinski definition) is 4. The second kappa shape index (κ2) is 6.13. The van der Waals surface area contributed by atoms with Crippen molar-refractivity contribution in [1.82, 2.24) is 4.98 Å². The summed E-state index contributed by atoms with van der Waals surface area (Å²) in [7, 11) is 0. The van der Waals surface area contributed by atoms with Gasteiger partial charge in [0.15, 0.2) is 0 Å². The Balaban J connectivity index is 2.05. The molecule has 0 saturated carbocycles. The van der Waals surface area contributed by atoms with E-state index >= 15 is 0 Å². The van der Waals surface area contributed by atoms with Gasteiger partial charge in [-0.3, -0.25) is 0 Å². The van der Waals surface area contributed by atoms with Crippen molar-refractivity contribution in [3.8, 4) is 0 Å². The maximum Gasteiger partial charge on any atom is 0.136 e. The number of aryl methyl sites for hydroxylation is 1. The average Bonchev–Trinajstić information content (AvgIpc) is 2.48. The summed E-state index contributed by atoms with van der Waals surface area (Å²) in [5.41, 5.74) is 8.42. The quantitative estimate of drug-likeness (QED) is 0.913. The second-order valence-corrected chi connectivity index (χ2v) is 6.67. The molecule has 2 aromatic rings. The largest absolute Gasteiger partial charge is 0.381 e. The molecule has 0 spiro atoms. The summed E-state index contributed by atoms with van der Waals surface area (Å²) in [4.78, 5) is 7.14. The summed E-state index contributed by atoms with van der Waals surface area (Å²) in [5.74, 6) is 1.09. The number of fused-ring (bicyclic) bond motifs is 1. The Morgan fingerprint density at radius 2 is 1.95 bits per heavy atom. The van der Waals surface area contributed by atoms with Gasteiger partial charge in [-0.05, 0) is 39.7 Å². The van der Waals surface area contributed by atoms with E-state index in [0.717, 1.165) is 37.4 Å². The number of nitrogens with two attached hydrogens (primary N) is 1. The Morgan fingerprint density at radius 1 is 1.23 bits per heavy atom. The van der Waals surface area contributed by atoms with Crippen LogP contribution in [-0.2, 0) is 0 Å². The number of nitrogens with one attached hydrogen (secondary N) is 1. The molecule has 1 aliphatic rings. The van der Waals surface area contributed by atoms with Gasteiger partial charge >= 0.3 is 0 Å². The van der Waals surface area contributed by atoms with Gasteiger partial charge in [0.05, 0.1) is 11.9 Å². The van der Waals surface area contributed by atoms with Crippen LogP contribution in [0.15, 0.2) is 24.4 Å². The lowest BCUT2D eigenvalue weighted by Gasteiger charge is -2.32. The van der Waals surface area contributed by atoms with Gasteiger partial charge in [-0.2, -0.15) is 0 Å². The SMILES string of the molecule is Cc1ccc2c(N3CCC(N)CC3)ncc(NC(C)C)c2c1. The monoisotopic (exact) mass is 298 g/mol. The van der Waals surface area contributed by atoms with E-state index in [-0.39, 0.29) is 0 Å². The van der Waals surface area contributed by atoms with E-state index in [9.17, 15) is 0 Å². The molecule has 2 heterocycles. The highest BCUT2D eigenvalue weighted by atomic mass is 15.2. The number of nitrogens with zero attached hydrogens (tertiary/aromatic N) is 2. The van der Waals surface area contributed by atoms with Crippen molar-refractivity contribution in [3.63, 3.8) is 0 Å². The van der Waals surface area contributed by atoms with Crippen LogP contribution in [0.2, 0.25) is 0 Å². The molecule has 1 fully saturated rings. The number of aromatic nitrogens is 1. The van der Waals surface area contributed by atoms with Crippen LogP contribution in [0.3, 0.4) is 0 Å². The normalized spacial score (nSPS) is 16.5. The molecule has 4 nitrogen and oxygen atoms in total. The average molecular weight is 298 g/mol. The predicted octanol–water partition coefficient (Wildman–Crippen LogP) is 3.29. The molecule has 3 rings (SSSR count). The summed E-state index contributed by atoms with van der Waals surface area (Å²) in [5, 5.41) is 6.00. The minimum absolute atomic E-state index is 0.339. The van der Waals surface area contributed by atoms with Crippen molar-refractivity contribution in [2.75, 3.05) is 23.3 Å². The Morgan fingerprint density at radius 3 is 2.64 bits per heavy atom. The van der Waals surface area contributed by atoms with Crippen LogP contribution in [-0.4, -0.2) is 30.2 Å². The van der Waals surface area contributed by atoms with Gasteiger partial charge in [0.1, 0.15) is 5.82 Å². The molecule has 0 aliphatic carbocycles. The number of pyridine rings is 1. The summed E-state index contributed by atoms with van der Waals surface area (Å²) in [6.07, 6.45) is 4.06. The summed E-state index contributed by atoms with van der Waals surface area (Å²) in [6.45, 7) is 8.43. The van der Waals surface area contributed by atoms with E-state index in [0.29, 0.717) is 12.1 Å². The van der Waals surface area contributed by atoms with Crippen LogP contribution < -0.4 is 16.0 Å². The maximum absolute atomic E-state index is 6.03. The Labute approximate surface area is 132 Å². The van der Waals surface area contributed by atoms with E-state index in [4.69, 9.17) is 10.7 Å². The first kappa shape index (κ1) is 15.1. The summed E-state index contributed by atoms with van der Waals surface area (Å²) in [6, 6.07) is 7.35. The number of hydrogen-bond donors (Lipinski definition) is 2. The van der Waals surface area contributed by atoms with Crippen molar-refractivity contribution in [2.45, 2.75) is 45.7 Å². The molecule has 4 heteroatoms. The van der Waals surface area contributed by atoms with Crippen LogP contribution in [0.1, 0.15) is 32.3 Å². The van der Waals surface area contributed by atoms with Crippen LogP contribution >= 0.6 is 0 Å². The molecule has 1 aromatic heterocycles. The Bertz CT molecular complexity index is 657. The fourth-order valence-electron chi connectivity index (χ4n) is 3.13. The van der Waals surface area contributed by atoms with E-state index in [1.165, 1.54) is 16.3 Å². The minimum Gasteiger partial charge on any atom is -0.381 e. The lowest BCUT2D eigenvalue weighted by atomic mass is 10.0. The van der Waals surface area contributed by atoms with Crippen molar-refractivity contribution in [1.29, 1.82) is 0 Å². The molecule has 1 aromatic carbocycles. The number of anilines is 2. The highest BCUT2D eigenvalue weighted by Crippen LogP contribution is 2.32. The first-order valence-corrected chi connectivity index (χ1v) is 8.21. The van der Waals surface area contributed by atoms with Gasteiger partial charge in [-0.1, -0.05) is 17.7 Å². The fraction of sp³-hybridized carbons (Fsp3) is 0.500. The molecule has 118 valence electrons. The van der Waals surface area contributed by atoms with Crippen LogP contribution in [0.25, 0.3) is 10.8 Å². The van der Waals surface area contributed by atoms with Crippen LogP contribution in [0.5, 0.6) is 0 Å². The lowest BCUT2D eigenvalue weighted by molar-refractivity contribution is 0.499. The minimum atomic E-state index is 0.339. The van der Waals surface area contributed by atoms with E-state index < -0.39 is 0 Å². The molecule has 0 bridgehead atoms. The van der Waals surface area contributed by atoms with Gasteiger partial charge in [0.2, 0.25) is 0 Å². The van der Waals surface area contributed by atoms with Crippen molar-refractivity contribution < 1.29 is 0 Å². The third-order valence-electron chi connectivity index (χ3n) is 4.31. The molecular formula is C18H26N4. The van der Waals surface area contributed by atoms with Gasteiger partial charge < -0.3 is 16.0 Å². The molecule has 0 amide bonds. The molecule has 0 atom stereocenters. The molecule has 1 saturated heterocycles. The van der Waals surface area contributed by atoms with Crippen molar-refractivity contribution in [2.24, 2.45) is 5.73 Å². The predicted molar refractivity (Wildman–Crippen MR) is 94.7 cm³/mol. The Kier molecular flexibility index (Phi) is 4.21. The molecule has 3 N–H and O–H groups in total. The number of rotatable bonds is 3. The fourth-order valence-corrected chi connectivity index (χ4v) is 3.13. The van der Waals surface area contributed by atoms with Gasteiger partial charge in [0, 0.05) is 35.9 Å². The second-order valence-electron chi connectivity index (χ2n) is 6.67. The highest BCUT2D eigenvalue weighted by molar-refractivity contribution is 6.00. The molecule has 0 unspecified atom stereocenters. The molecule has 22 heavy (non-hydrogen) atoms. The van der Waals surface area contributed by atoms with E-state index in [1.54, 1.807) is 0 Å². The van der Waals surface area contributed by atoms with Crippen LogP contribution in [0.4, 0.5) is 11.5 Å². The van der Waals surface area contributed by atoms with Gasteiger partial charge in [-0.25, -0.2) is 4.98 Å². The zero-order chi connectivity index (χ0) is 15.7. The summed E-state index contributed by atoms with van der Waals surface area (Å²) < 4.78 is 0.